The topological polar surface area (TPSA) is 93.7 Å². The van der Waals surface area contributed by atoms with E-state index in [1.165, 1.54) is 57.5 Å². The summed E-state index contributed by atoms with van der Waals surface area (Å²) < 4.78 is 37.4. The SMILES string of the molecule is COc1cc(NC(=O)[C@H](C)NS(=O)(=O)c2ccc(Cl)cc2)c(OC)cc1Cl. The van der Waals surface area contributed by atoms with E-state index < -0.39 is 22.0 Å². The quantitative estimate of drug-likeness (QED) is 0.699. The van der Waals surface area contributed by atoms with Gasteiger partial charge in [0.05, 0.1) is 35.9 Å². The van der Waals surface area contributed by atoms with E-state index in [0.29, 0.717) is 27.2 Å². The van der Waals surface area contributed by atoms with Crippen LogP contribution in [0.5, 0.6) is 11.5 Å². The fourth-order valence-corrected chi connectivity index (χ4v) is 3.73. The van der Waals surface area contributed by atoms with Gasteiger partial charge in [0.25, 0.3) is 0 Å². The van der Waals surface area contributed by atoms with Crippen LogP contribution in [0.1, 0.15) is 6.92 Å². The summed E-state index contributed by atoms with van der Waals surface area (Å²) in [4.78, 5) is 12.4. The minimum absolute atomic E-state index is 0.00251. The molecule has 0 fully saturated rings. The fraction of sp³-hybridized carbons (Fsp3) is 0.235. The minimum atomic E-state index is -3.90. The lowest BCUT2D eigenvalue weighted by atomic mass is 10.2. The van der Waals surface area contributed by atoms with Gasteiger partial charge < -0.3 is 14.8 Å². The van der Waals surface area contributed by atoms with Crippen LogP contribution < -0.4 is 19.5 Å². The summed E-state index contributed by atoms with van der Waals surface area (Å²) in [6.45, 7) is 1.42. The molecule has 0 aliphatic carbocycles. The molecule has 0 spiro atoms. The van der Waals surface area contributed by atoms with E-state index in [1.54, 1.807) is 0 Å². The average Bonchev–Trinajstić information content (AvgIpc) is 2.62. The van der Waals surface area contributed by atoms with Crippen molar-refractivity contribution in [1.82, 2.24) is 4.72 Å². The monoisotopic (exact) mass is 432 g/mol. The van der Waals surface area contributed by atoms with Crippen LogP contribution in [0.4, 0.5) is 5.69 Å². The fourth-order valence-electron chi connectivity index (χ4n) is 2.17. The van der Waals surface area contributed by atoms with Gasteiger partial charge in [-0.25, -0.2) is 8.42 Å². The maximum absolute atomic E-state index is 12.4. The number of ether oxygens (including phenoxy) is 2. The van der Waals surface area contributed by atoms with Crippen LogP contribution in [0.3, 0.4) is 0 Å². The maximum atomic E-state index is 12.4. The van der Waals surface area contributed by atoms with E-state index in [2.05, 4.69) is 10.0 Å². The van der Waals surface area contributed by atoms with E-state index in [4.69, 9.17) is 32.7 Å². The third-order valence-corrected chi connectivity index (χ3v) is 5.68. The predicted octanol–water partition coefficient (Wildman–Crippen LogP) is 3.32. The van der Waals surface area contributed by atoms with E-state index >= 15 is 0 Å². The molecular weight excluding hydrogens is 415 g/mol. The number of carbonyl (C=O) groups excluding carboxylic acids is 1. The molecule has 0 aliphatic heterocycles. The standard InChI is InChI=1S/C17H18Cl2N2O5S/c1-10(21-27(23,24)12-6-4-11(18)5-7-12)17(22)20-14-9-15(25-2)13(19)8-16(14)26-3/h4-10,21H,1-3H3,(H,20,22)/t10-/m0/s1. The van der Waals surface area contributed by atoms with Gasteiger partial charge in [0.2, 0.25) is 15.9 Å². The Balaban J connectivity index is 2.17. The first-order valence-electron chi connectivity index (χ1n) is 7.68. The third kappa shape index (κ3) is 5.26. The second-order valence-corrected chi connectivity index (χ2v) is 8.03. The van der Waals surface area contributed by atoms with E-state index in [9.17, 15) is 13.2 Å². The molecule has 2 N–H and O–H groups in total. The van der Waals surface area contributed by atoms with Crippen molar-refractivity contribution in [1.29, 1.82) is 0 Å². The summed E-state index contributed by atoms with van der Waals surface area (Å²) in [5.41, 5.74) is 0.293. The molecule has 0 saturated carbocycles. The number of hydrogen-bond donors (Lipinski definition) is 2. The van der Waals surface area contributed by atoms with Crippen molar-refractivity contribution in [2.24, 2.45) is 0 Å². The molecule has 1 amide bonds. The Hall–Kier alpha value is -2.00. The normalized spacial score (nSPS) is 12.3. The molecule has 0 unspecified atom stereocenters. The second kappa shape index (κ2) is 8.79. The number of anilines is 1. The maximum Gasteiger partial charge on any atom is 0.242 e. The molecule has 0 heterocycles. The molecule has 7 nitrogen and oxygen atoms in total. The van der Waals surface area contributed by atoms with E-state index in [0.717, 1.165) is 0 Å². The van der Waals surface area contributed by atoms with E-state index in [1.807, 2.05) is 0 Å². The van der Waals surface area contributed by atoms with Gasteiger partial charge in [0.15, 0.2) is 0 Å². The van der Waals surface area contributed by atoms with Crippen molar-refractivity contribution >= 4 is 44.8 Å². The molecule has 146 valence electrons. The van der Waals surface area contributed by atoms with Crippen molar-refractivity contribution in [3.05, 3.63) is 46.4 Å². The van der Waals surface area contributed by atoms with Crippen LogP contribution in [0, 0.1) is 0 Å². The first-order valence-corrected chi connectivity index (χ1v) is 9.92. The number of benzene rings is 2. The number of sulfonamides is 1. The molecule has 0 saturated heterocycles. The Morgan fingerprint density at radius 3 is 2.19 bits per heavy atom. The molecule has 2 rings (SSSR count). The van der Waals surface area contributed by atoms with Crippen LogP contribution in [0.2, 0.25) is 10.0 Å². The lowest BCUT2D eigenvalue weighted by molar-refractivity contribution is -0.117. The van der Waals surface area contributed by atoms with Crippen LogP contribution in [0.15, 0.2) is 41.3 Å². The number of carbonyl (C=O) groups is 1. The third-order valence-electron chi connectivity index (χ3n) is 3.58. The van der Waals surface area contributed by atoms with E-state index in [-0.39, 0.29) is 4.90 Å². The molecule has 2 aromatic rings. The summed E-state index contributed by atoms with van der Waals surface area (Å²) in [6.07, 6.45) is 0. The number of rotatable bonds is 7. The predicted molar refractivity (Wildman–Crippen MR) is 104 cm³/mol. The molecule has 0 aromatic heterocycles. The molecule has 2 aromatic carbocycles. The first kappa shape index (κ1) is 21.3. The molecule has 1 atom stereocenters. The number of methoxy groups -OCH3 is 2. The van der Waals surface area contributed by atoms with Gasteiger partial charge in [0, 0.05) is 17.2 Å². The van der Waals surface area contributed by atoms with Crippen molar-refractivity contribution < 1.29 is 22.7 Å². The summed E-state index contributed by atoms with van der Waals surface area (Å²) in [6, 6.07) is 7.51. The summed E-state index contributed by atoms with van der Waals surface area (Å²) in [5, 5.41) is 3.31. The van der Waals surface area contributed by atoms with Crippen molar-refractivity contribution in [3.63, 3.8) is 0 Å². The van der Waals surface area contributed by atoms with Crippen LogP contribution in [0.25, 0.3) is 0 Å². The Morgan fingerprint density at radius 2 is 1.63 bits per heavy atom. The van der Waals surface area contributed by atoms with Gasteiger partial charge in [0.1, 0.15) is 11.5 Å². The number of amides is 1. The highest BCUT2D eigenvalue weighted by atomic mass is 35.5. The molecular formula is C17H18Cl2N2O5S. The minimum Gasteiger partial charge on any atom is -0.495 e. The zero-order valence-corrected chi connectivity index (χ0v) is 17.1. The molecule has 10 heteroatoms. The Labute approximate surface area is 167 Å². The second-order valence-electron chi connectivity index (χ2n) is 5.47. The molecule has 0 aliphatic rings. The Kier molecular flexibility index (Phi) is 6.94. The van der Waals surface area contributed by atoms with Crippen LogP contribution >= 0.6 is 23.2 Å². The van der Waals surface area contributed by atoms with Gasteiger partial charge in [-0.2, -0.15) is 4.72 Å². The Bertz CT molecular complexity index is 933. The van der Waals surface area contributed by atoms with Crippen molar-refractivity contribution in [2.45, 2.75) is 17.9 Å². The summed E-state index contributed by atoms with van der Waals surface area (Å²) >= 11 is 11.8. The lowest BCUT2D eigenvalue weighted by Gasteiger charge is -2.17. The van der Waals surface area contributed by atoms with Gasteiger partial charge in [-0.15, -0.1) is 0 Å². The first-order chi connectivity index (χ1) is 12.7. The highest BCUT2D eigenvalue weighted by Gasteiger charge is 2.23. The summed E-state index contributed by atoms with van der Waals surface area (Å²) in [7, 11) is -1.05. The van der Waals surface area contributed by atoms with Gasteiger partial charge in [-0.05, 0) is 31.2 Å². The summed E-state index contributed by atoms with van der Waals surface area (Å²) in [5.74, 6) is 0.0549. The van der Waals surface area contributed by atoms with Gasteiger partial charge >= 0.3 is 0 Å². The number of hydrogen-bond acceptors (Lipinski definition) is 5. The van der Waals surface area contributed by atoms with Crippen LogP contribution in [-0.4, -0.2) is 34.6 Å². The molecule has 0 bridgehead atoms. The van der Waals surface area contributed by atoms with Crippen molar-refractivity contribution in [3.8, 4) is 11.5 Å². The largest absolute Gasteiger partial charge is 0.495 e. The molecule has 0 radical (unpaired) electrons. The lowest BCUT2D eigenvalue weighted by Crippen LogP contribution is -2.41. The highest BCUT2D eigenvalue weighted by molar-refractivity contribution is 7.89. The van der Waals surface area contributed by atoms with Crippen molar-refractivity contribution in [2.75, 3.05) is 19.5 Å². The Morgan fingerprint density at radius 1 is 1.04 bits per heavy atom. The number of halogens is 2. The number of nitrogens with one attached hydrogen (secondary N) is 2. The zero-order chi connectivity index (χ0) is 20.2. The van der Waals surface area contributed by atoms with Gasteiger partial charge in [-0.1, -0.05) is 23.2 Å². The molecule has 27 heavy (non-hydrogen) atoms. The average molecular weight is 433 g/mol. The smallest absolute Gasteiger partial charge is 0.242 e. The van der Waals surface area contributed by atoms with Crippen LogP contribution in [-0.2, 0) is 14.8 Å². The van der Waals surface area contributed by atoms with Gasteiger partial charge in [-0.3, -0.25) is 4.79 Å². The highest BCUT2D eigenvalue weighted by Crippen LogP contribution is 2.35. The zero-order valence-electron chi connectivity index (χ0n) is 14.7.